The molecule has 0 atom stereocenters. The van der Waals surface area contributed by atoms with Gasteiger partial charge in [-0.1, -0.05) is 0 Å². The molecule has 0 aromatic carbocycles. The predicted octanol–water partition coefficient (Wildman–Crippen LogP) is 0.766. The predicted molar refractivity (Wildman–Crippen MR) is 39.7 cm³/mol. The molecule has 18 heavy (non-hydrogen) atoms. The summed E-state index contributed by atoms with van der Waals surface area (Å²) in [5.41, 5.74) is 0. The average Bonchev–Trinajstić information content (AvgIpc) is 2.54. The molecule has 0 saturated carbocycles. The number of nitrogens with zero attached hydrogens (tertiary/aromatic N) is 8. The first-order chi connectivity index (χ1) is 8.00. The molecule has 0 aliphatic rings. The summed E-state index contributed by atoms with van der Waals surface area (Å²) in [6, 6.07) is 0. The standard InChI is InChI=1S/8CN.2Re/c8*1-2;;/q8*-1;;. The van der Waals surface area contributed by atoms with Crippen molar-refractivity contribution in [3.8, 4) is 0 Å². The van der Waals surface area contributed by atoms with Crippen LogP contribution in [-0.4, -0.2) is 0 Å². The third kappa shape index (κ3) is 262. The Bertz CT molecular complexity index is 135. The Morgan fingerprint density at radius 1 is 0.222 bits per heavy atom. The smallest absolute Gasteiger partial charge is 0 e. The summed E-state index contributed by atoms with van der Waals surface area (Å²) in [7, 11) is 0. The molecule has 0 N–H and O–H groups in total. The van der Waals surface area contributed by atoms with E-state index in [1.807, 2.05) is 0 Å². The molecule has 2 radical (unpaired) electrons. The minimum atomic E-state index is 0. The fourth-order valence-electron chi connectivity index (χ4n) is 0. The molecule has 8 nitrogen and oxygen atoms in total. The van der Waals surface area contributed by atoms with E-state index in [2.05, 4.69) is 0 Å². The second-order valence-electron chi connectivity index (χ2n) is 0. The van der Waals surface area contributed by atoms with Gasteiger partial charge in [-0.05, 0) is 0 Å². The van der Waals surface area contributed by atoms with Crippen LogP contribution >= 0.6 is 0 Å². The van der Waals surface area contributed by atoms with Crippen LogP contribution in [0.15, 0.2) is 0 Å². The van der Waals surface area contributed by atoms with Gasteiger partial charge in [0, 0.05) is 40.8 Å². The van der Waals surface area contributed by atoms with Gasteiger partial charge in [0.2, 0.25) is 0 Å². The minimum absolute atomic E-state index is 0. The van der Waals surface area contributed by atoms with Crippen LogP contribution in [0.4, 0.5) is 0 Å². The quantitative estimate of drug-likeness (QED) is 0.375. The first-order valence-corrected chi connectivity index (χ1v) is 1.79. The molecule has 10 heteroatoms. The molecule has 0 bridgehead atoms. The maximum atomic E-state index is 6.25. The molecule has 0 aromatic rings. The minimum Gasteiger partial charge on any atom is -0.512 e. The topological polar surface area (TPSA) is 190 Å². The summed E-state index contributed by atoms with van der Waals surface area (Å²) in [4.78, 5) is 0. The van der Waals surface area contributed by atoms with E-state index < -0.39 is 0 Å². The molecular weight excluding hydrogens is 581 g/mol. The zero-order valence-corrected chi connectivity index (χ0v) is 13.8. The van der Waals surface area contributed by atoms with Crippen LogP contribution in [0.2, 0.25) is 0 Å². The fourth-order valence-corrected chi connectivity index (χ4v) is 0. The molecule has 0 amide bonds. The van der Waals surface area contributed by atoms with E-state index in [1.54, 1.807) is 0 Å². The van der Waals surface area contributed by atoms with Gasteiger partial charge < -0.3 is 94.7 Å². The zero-order chi connectivity index (χ0) is 16.0. The van der Waals surface area contributed by atoms with Crippen molar-refractivity contribution in [3.05, 3.63) is 52.6 Å². The maximum absolute atomic E-state index is 6.25. The van der Waals surface area contributed by atoms with E-state index in [0.29, 0.717) is 0 Å². The SMILES string of the molecule is [C-]#N.[C-]#N.[C-]#N.[C-]#N.[C-]#N.[C-]#N.[C-]#N.[C-]#N.[Re].[Re]. The largest absolute Gasteiger partial charge is 0.512 e. The van der Waals surface area contributed by atoms with Crippen molar-refractivity contribution < 1.29 is 40.8 Å². The summed E-state index contributed by atoms with van der Waals surface area (Å²) in [6.07, 6.45) is 0. The molecule has 0 aliphatic heterocycles. The molecule has 0 spiro atoms. The molecule has 0 aliphatic carbocycles. The molecule has 94 valence electrons. The average molecular weight is 581 g/mol. The van der Waals surface area contributed by atoms with Gasteiger partial charge in [-0.3, -0.25) is 0 Å². The fraction of sp³-hybridized carbons (Fsp3) is 0. The van der Waals surface area contributed by atoms with E-state index >= 15 is 0 Å². The van der Waals surface area contributed by atoms with Crippen molar-refractivity contribution in [1.82, 2.24) is 0 Å². The molecule has 0 rings (SSSR count). The molecule has 0 aromatic heterocycles. The Kier molecular flexibility index (Phi) is 2060. The zero-order valence-electron chi connectivity index (χ0n) is 8.33. The summed E-state index contributed by atoms with van der Waals surface area (Å²) < 4.78 is 0. The van der Waals surface area contributed by atoms with Crippen molar-refractivity contribution in [2.75, 3.05) is 0 Å². The van der Waals surface area contributed by atoms with Crippen LogP contribution in [0.3, 0.4) is 0 Å². The molecule has 0 fully saturated rings. The Balaban J connectivity index is -0.00000000500. The monoisotopic (exact) mass is 582 g/mol. The maximum Gasteiger partial charge on any atom is 0 e. The van der Waals surface area contributed by atoms with Gasteiger partial charge >= 0.3 is 0 Å². The molecule has 0 heterocycles. The third-order valence-corrected chi connectivity index (χ3v) is 0. The van der Waals surface area contributed by atoms with Crippen molar-refractivity contribution >= 4 is 0 Å². The van der Waals surface area contributed by atoms with E-state index in [0.717, 1.165) is 0 Å². The van der Waals surface area contributed by atoms with Crippen LogP contribution in [0.1, 0.15) is 0 Å². The van der Waals surface area contributed by atoms with Crippen LogP contribution in [0, 0.1) is 94.7 Å². The van der Waals surface area contributed by atoms with Crippen molar-refractivity contribution in [2.45, 2.75) is 0 Å². The Hall–Kier alpha value is -2.76. The van der Waals surface area contributed by atoms with E-state index in [4.69, 9.17) is 94.7 Å². The Morgan fingerprint density at radius 2 is 0.222 bits per heavy atom. The normalized spacial score (nSPS) is 0.889. The molecule has 0 saturated heterocycles. The summed E-state index contributed by atoms with van der Waals surface area (Å²) in [6.45, 7) is 38.0. The van der Waals surface area contributed by atoms with Crippen LogP contribution < -0.4 is 0 Å². The van der Waals surface area contributed by atoms with E-state index in [-0.39, 0.29) is 40.8 Å². The van der Waals surface area contributed by atoms with Crippen LogP contribution in [-0.2, 0) is 40.8 Å². The third-order valence-electron chi connectivity index (χ3n) is 0. The van der Waals surface area contributed by atoms with Crippen molar-refractivity contribution in [2.24, 2.45) is 0 Å². The number of hydrogen-bond donors (Lipinski definition) is 0. The van der Waals surface area contributed by atoms with Gasteiger partial charge in [0.05, 0.1) is 0 Å². The summed E-state index contributed by atoms with van der Waals surface area (Å²) in [5.74, 6) is 0. The van der Waals surface area contributed by atoms with Crippen molar-refractivity contribution in [3.63, 3.8) is 0 Å². The van der Waals surface area contributed by atoms with Gasteiger partial charge in [-0.15, -0.1) is 0 Å². The van der Waals surface area contributed by atoms with Gasteiger partial charge in [0.15, 0.2) is 0 Å². The second-order valence-corrected chi connectivity index (χ2v) is 0. The number of rotatable bonds is 0. The molecule has 0 unspecified atom stereocenters. The van der Waals surface area contributed by atoms with Gasteiger partial charge in [0.1, 0.15) is 0 Å². The van der Waals surface area contributed by atoms with Gasteiger partial charge in [-0.2, -0.15) is 0 Å². The Morgan fingerprint density at radius 3 is 0.222 bits per heavy atom. The first-order valence-electron chi connectivity index (χ1n) is 1.79. The van der Waals surface area contributed by atoms with Crippen LogP contribution in [0.5, 0.6) is 0 Å². The molecular formula is C8N8Re2-8. The summed E-state index contributed by atoms with van der Waals surface area (Å²) in [5, 5.41) is 50.0. The van der Waals surface area contributed by atoms with Crippen LogP contribution in [0.25, 0.3) is 0 Å². The van der Waals surface area contributed by atoms with E-state index in [1.165, 1.54) is 0 Å². The van der Waals surface area contributed by atoms with Gasteiger partial charge in [0.25, 0.3) is 0 Å². The van der Waals surface area contributed by atoms with E-state index in [9.17, 15) is 0 Å². The second kappa shape index (κ2) is 329. The number of hydrogen-bond acceptors (Lipinski definition) is 8. The Labute approximate surface area is 135 Å². The van der Waals surface area contributed by atoms with Gasteiger partial charge in [-0.25, -0.2) is 0 Å². The van der Waals surface area contributed by atoms with Crippen molar-refractivity contribution in [1.29, 1.82) is 42.1 Å². The summed E-state index contributed by atoms with van der Waals surface area (Å²) >= 11 is 0. The first kappa shape index (κ1) is 112.